The number of hydrogen-bond acceptors (Lipinski definition) is 4. The van der Waals surface area contributed by atoms with E-state index in [1.165, 1.54) is 6.26 Å². The lowest BCUT2D eigenvalue weighted by molar-refractivity contribution is -0.120. The first-order chi connectivity index (χ1) is 8.34. The van der Waals surface area contributed by atoms with Crippen molar-refractivity contribution in [1.82, 2.24) is 10.6 Å². The van der Waals surface area contributed by atoms with Gasteiger partial charge in [-0.1, -0.05) is 12.1 Å². The molecule has 1 aromatic carbocycles. The summed E-state index contributed by atoms with van der Waals surface area (Å²) in [6.45, 7) is 2.11. The van der Waals surface area contributed by atoms with Gasteiger partial charge in [-0.2, -0.15) is 0 Å². The first-order valence-corrected chi connectivity index (χ1v) is 7.47. The summed E-state index contributed by atoms with van der Waals surface area (Å²) in [5, 5.41) is 5.57. The maximum atomic E-state index is 11.4. The zero-order valence-electron chi connectivity index (χ0n) is 10.7. The quantitative estimate of drug-likeness (QED) is 0.816. The maximum Gasteiger partial charge on any atom is 0.234 e. The first-order valence-electron chi connectivity index (χ1n) is 5.58. The van der Waals surface area contributed by atoms with E-state index in [4.69, 9.17) is 0 Å². The van der Waals surface area contributed by atoms with Crippen molar-refractivity contribution < 1.29 is 13.2 Å². The van der Waals surface area contributed by atoms with Crippen LogP contribution in [0, 0.1) is 0 Å². The largest absolute Gasteiger partial charge is 0.348 e. The molecule has 0 heterocycles. The van der Waals surface area contributed by atoms with E-state index in [1.807, 2.05) is 6.92 Å². The molecule has 0 radical (unpaired) electrons. The summed E-state index contributed by atoms with van der Waals surface area (Å²) in [4.78, 5) is 11.7. The monoisotopic (exact) mass is 270 g/mol. The summed E-state index contributed by atoms with van der Waals surface area (Å²) in [5.74, 6) is -0.0998. The molecule has 0 aliphatic rings. The number of amides is 1. The van der Waals surface area contributed by atoms with Crippen molar-refractivity contribution in [2.75, 3.05) is 19.8 Å². The molecular formula is C12H18N2O3S. The average Bonchev–Trinajstić information content (AvgIpc) is 2.28. The summed E-state index contributed by atoms with van der Waals surface area (Å²) >= 11 is 0. The molecule has 0 bridgehead atoms. The summed E-state index contributed by atoms with van der Waals surface area (Å²) in [6, 6.07) is 6.36. The lowest BCUT2D eigenvalue weighted by Crippen LogP contribution is -2.33. The number of carbonyl (C=O) groups excluding carboxylic acids is 1. The van der Waals surface area contributed by atoms with E-state index >= 15 is 0 Å². The molecule has 1 amide bonds. The molecule has 1 aromatic rings. The van der Waals surface area contributed by atoms with E-state index < -0.39 is 9.84 Å². The predicted molar refractivity (Wildman–Crippen MR) is 70.0 cm³/mol. The Morgan fingerprint density at radius 2 is 1.83 bits per heavy atom. The van der Waals surface area contributed by atoms with Gasteiger partial charge in [-0.05, 0) is 31.7 Å². The molecule has 1 rings (SSSR count). The highest BCUT2D eigenvalue weighted by molar-refractivity contribution is 7.90. The number of sulfone groups is 1. The van der Waals surface area contributed by atoms with Crippen LogP contribution in [-0.2, 0) is 14.6 Å². The van der Waals surface area contributed by atoms with Gasteiger partial charge in [-0.25, -0.2) is 8.42 Å². The summed E-state index contributed by atoms with van der Waals surface area (Å²) in [6.07, 6.45) is 1.17. The molecule has 0 aliphatic heterocycles. The van der Waals surface area contributed by atoms with Crippen molar-refractivity contribution in [2.45, 2.75) is 17.9 Å². The molecule has 100 valence electrons. The molecular weight excluding hydrogens is 252 g/mol. The van der Waals surface area contributed by atoms with Crippen LogP contribution in [0.3, 0.4) is 0 Å². The van der Waals surface area contributed by atoms with Crippen molar-refractivity contribution in [3.05, 3.63) is 29.8 Å². The van der Waals surface area contributed by atoms with Crippen LogP contribution in [0.15, 0.2) is 29.2 Å². The van der Waals surface area contributed by atoms with Crippen LogP contribution < -0.4 is 10.6 Å². The summed E-state index contributed by atoms with van der Waals surface area (Å²) in [7, 11) is -1.47. The van der Waals surface area contributed by atoms with Crippen molar-refractivity contribution in [2.24, 2.45) is 0 Å². The number of benzene rings is 1. The van der Waals surface area contributed by atoms with Gasteiger partial charge in [0, 0.05) is 6.26 Å². The first kappa shape index (κ1) is 14.7. The molecule has 18 heavy (non-hydrogen) atoms. The van der Waals surface area contributed by atoms with Crippen molar-refractivity contribution in [3.63, 3.8) is 0 Å². The number of rotatable bonds is 5. The van der Waals surface area contributed by atoms with E-state index in [2.05, 4.69) is 10.6 Å². The van der Waals surface area contributed by atoms with Gasteiger partial charge in [-0.15, -0.1) is 0 Å². The van der Waals surface area contributed by atoms with E-state index in [-0.39, 0.29) is 23.4 Å². The highest BCUT2D eigenvalue weighted by atomic mass is 32.2. The minimum absolute atomic E-state index is 0.0998. The molecule has 0 fully saturated rings. The molecule has 1 unspecified atom stereocenters. The lowest BCUT2D eigenvalue weighted by Gasteiger charge is -2.14. The van der Waals surface area contributed by atoms with Gasteiger partial charge >= 0.3 is 0 Å². The molecule has 0 aliphatic carbocycles. The number of hydrogen-bond donors (Lipinski definition) is 2. The van der Waals surface area contributed by atoms with E-state index in [0.29, 0.717) is 0 Å². The van der Waals surface area contributed by atoms with Crippen molar-refractivity contribution in [1.29, 1.82) is 0 Å². The van der Waals surface area contributed by atoms with Crippen LogP contribution >= 0.6 is 0 Å². The normalized spacial score (nSPS) is 13.1. The van der Waals surface area contributed by atoms with Crippen LogP contribution in [-0.4, -0.2) is 34.2 Å². The number of nitrogens with one attached hydrogen (secondary N) is 2. The number of likely N-dealkylation sites (N-methyl/N-ethyl adjacent to an activating group) is 1. The van der Waals surface area contributed by atoms with Gasteiger partial charge in [0.05, 0.1) is 17.5 Å². The second-order valence-corrected chi connectivity index (χ2v) is 6.18. The molecule has 6 heteroatoms. The molecule has 2 N–H and O–H groups in total. The minimum Gasteiger partial charge on any atom is -0.348 e. The van der Waals surface area contributed by atoms with Crippen molar-refractivity contribution >= 4 is 15.7 Å². The second kappa shape index (κ2) is 5.97. The van der Waals surface area contributed by atoms with Gasteiger partial charge in [0.2, 0.25) is 5.91 Å². The highest BCUT2D eigenvalue weighted by Gasteiger charge is 2.11. The lowest BCUT2D eigenvalue weighted by atomic mass is 10.1. The fourth-order valence-electron chi connectivity index (χ4n) is 1.54. The molecule has 0 saturated carbocycles. The van der Waals surface area contributed by atoms with Gasteiger partial charge in [0.15, 0.2) is 9.84 Å². The average molecular weight is 270 g/mol. The SMILES string of the molecule is CNCC(=O)NC(C)c1ccc(S(C)(=O)=O)cc1. The molecule has 0 saturated heterocycles. The van der Waals surface area contributed by atoms with Gasteiger partial charge in [0.1, 0.15) is 0 Å². The van der Waals surface area contributed by atoms with Crippen LogP contribution in [0.5, 0.6) is 0 Å². The third-order valence-corrected chi connectivity index (χ3v) is 3.65. The van der Waals surface area contributed by atoms with Crippen LogP contribution in [0.4, 0.5) is 0 Å². The highest BCUT2D eigenvalue weighted by Crippen LogP contribution is 2.15. The smallest absolute Gasteiger partial charge is 0.234 e. The Morgan fingerprint density at radius 3 is 2.28 bits per heavy atom. The molecule has 1 atom stereocenters. The van der Waals surface area contributed by atoms with Crippen LogP contribution in [0.25, 0.3) is 0 Å². The van der Waals surface area contributed by atoms with Crippen molar-refractivity contribution in [3.8, 4) is 0 Å². The Bertz CT molecular complexity index is 509. The third-order valence-electron chi connectivity index (χ3n) is 2.52. The third kappa shape index (κ3) is 4.12. The van der Waals surface area contributed by atoms with Gasteiger partial charge in [0.25, 0.3) is 0 Å². The molecule has 0 aromatic heterocycles. The Kier molecular flexibility index (Phi) is 4.86. The van der Waals surface area contributed by atoms with E-state index in [1.54, 1.807) is 31.3 Å². The Labute approximate surface area is 108 Å². The molecule has 5 nitrogen and oxygen atoms in total. The molecule has 0 spiro atoms. The van der Waals surface area contributed by atoms with E-state index in [9.17, 15) is 13.2 Å². The van der Waals surface area contributed by atoms with E-state index in [0.717, 1.165) is 5.56 Å². The Morgan fingerprint density at radius 1 is 1.28 bits per heavy atom. The topological polar surface area (TPSA) is 75.3 Å². The van der Waals surface area contributed by atoms with Gasteiger partial charge < -0.3 is 10.6 Å². The zero-order valence-corrected chi connectivity index (χ0v) is 11.5. The summed E-state index contributed by atoms with van der Waals surface area (Å²) in [5.41, 5.74) is 0.867. The van der Waals surface area contributed by atoms with Crippen LogP contribution in [0.1, 0.15) is 18.5 Å². The fraction of sp³-hybridized carbons (Fsp3) is 0.417. The summed E-state index contributed by atoms with van der Waals surface area (Å²) < 4.78 is 22.6. The number of carbonyl (C=O) groups is 1. The Hall–Kier alpha value is -1.40. The zero-order chi connectivity index (χ0) is 13.8. The standard InChI is InChI=1S/C12H18N2O3S/c1-9(14-12(15)8-13-2)10-4-6-11(7-5-10)18(3,16)17/h4-7,9,13H,8H2,1-3H3,(H,14,15). The fourth-order valence-corrected chi connectivity index (χ4v) is 2.17. The second-order valence-electron chi connectivity index (χ2n) is 4.16. The minimum atomic E-state index is -3.17. The van der Waals surface area contributed by atoms with Crippen LogP contribution in [0.2, 0.25) is 0 Å². The maximum absolute atomic E-state index is 11.4. The Balaban J connectivity index is 2.76. The predicted octanol–water partition coefficient (Wildman–Crippen LogP) is 0.487. The van der Waals surface area contributed by atoms with Gasteiger partial charge in [-0.3, -0.25) is 4.79 Å².